The molecule has 0 saturated carbocycles. The maximum atomic E-state index is 13.1. The van der Waals surface area contributed by atoms with E-state index in [1.54, 1.807) is 26.0 Å². The number of nitriles is 2. The molecule has 2 saturated heterocycles. The fourth-order valence-electron chi connectivity index (χ4n) is 9.15. The molecule has 2 aromatic heterocycles. The van der Waals surface area contributed by atoms with Gasteiger partial charge in [0.1, 0.15) is 40.6 Å². The highest BCUT2D eigenvalue weighted by Crippen LogP contribution is 2.44. The Morgan fingerprint density at radius 1 is 0.679 bits per heavy atom. The number of carbonyl (C=O) groups excluding carboxylic acids is 5. The highest BCUT2D eigenvalue weighted by molar-refractivity contribution is 8.13. The number of sulfonamides is 1. The third-order valence-corrected chi connectivity index (χ3v) is 15.9. The molecule has 2 aliphatic heterocycles. The van der Waals surface area contributed by atoms with Gasteiger partial charge in [-0.05, 0) is 124 Å². The largest absolute Gasteiger partial charge is 0.449 e. The molecule has 6 atom stereocenters. The minimum absolute atomic E-state index is 0.0317. The lowest BCUT2D eigenvalue weighted by Crippen LogP contribution is -2.51. The molecule has 7 rings (SSSR count). The lowest BCUT2D eigenvalue weighted by molar-refractivity contribution is -0.128. The molecule has 0 bridgehead atoms. The van der Waals surface area contributed by atoms with E-state index in [0.717, 1.165) is 40.8 Å². The topological polar surface area (TPSA) is 308 Å². The average molecular weight is 1130 g/mol. The standard InChI is InChI=1S/C29H34N4O4.C20H29N5O4S.C6H6ClNO2S/c1-18(2)14-26(28(35)32-20(16-30)15-19-8-7-13-31-27(19)34)33-29(36)37-17-25-23-11-5-3-9-21(23)22-10-4-6-12-24(22)25;1-13(2)9-18(25-30(28,29)17-7-6-14(3)23-12-17)20(27)24-16(11-21)10-15-5-4-8-22-19(15)26;1-5-2-3-6(4-8-5)11(7,9)10/h3-6,9-12,18-20,25-26H,7-8,13-15,17H2,1-2H3,(H,31,34)(H,32,35)(H,33,36);6-7,12-13,15-16,18,25H,4-5,8-10H2,1-3H3,(H,22,26)(H,24,27);2-4H,1H3/t19-,20-,26-;15-,16-,18-;/m00./s1. The summed E-state index contributed by atoms with van der Waals surface area (Å²) in [5.41, 5.74) is 5.92. The molecule has 2 fully saturated rings. The number of fused-ring (bicyclic) bond motifs is 3. The number of piperidine rings is 2. The van der Waals surface area contributed by atoms with Crippen molar-refractivity contribution in [3.63, 3.8) is 0 Å². The Kier molecular flexibility index (Phi) is 23.1. The van der Waals surface area contributed by atoms with Gasteiger partial charge in [-0.3, -0.25) is 29.1 Å². The first-order valence-corrected chi connectivity index (χ1v) is 29.7. The number of hydrogen-bond acceptors (Lipinski definition) is 14. The van der Waals surface area contributed by atoms with Crippen LogP contribution in [-0.2, 0) is 43.0 Å². The third kappa shape index (κ3) is 18.6. The van der Waals surface area contributed by atoms with Gasteiger partial charge in [0.15, 0.2) is 0 Å². The molecule has 4 aromatic rings. The molecular weight excluding hydrogens is 1060 g/mol. The fourth-order valence-corrected chi connectivity index (χ4v) is 11.0. The molecule has 418 valence electrons. The summed E-state index contributed by atoms with van der Waals surface area (Å²) in [6.45, 7) is 12.6. The van der Waals surface area contributed by atoms with Crippen LogP contribution in [0.4, 0.5) is 4.79 Å². The highest BCUT2D eigenvalue weighted by atomic mass is 35.7. The van der Waals surface area contributed by atoms with Crippen LogP contribution in [0.2, 0.25) is 0 Å². The number of nitrogens with one attached hydrogen (secondary N) is 6. The van der Waals surface area contributed by atoms with Gasteiger partial charge in [-0.25, -0.2) is 21.6 Å². The van der Waals surface area contributed by atoms with Crippen molar-refractivity contribution in [3.05, 3.63) is 108 Å². The lowest BCUT2D eigenvalue weighted by Gasteiger charge is -2.25. The van der Waals surface area contributed by atoms with Crippen molar-refractivity contribution >= 4 is 59.5 Å². The Labute approximate surface area is 461 Å². The first-order valence-electron chi connectivity index (χ1n) is 25.9. The van der Waals surface area contributed by atoms with Crippen LogP contribution in [0.25, 0.3) is 11.1 Å². The molecule has 78 heavy (non-hydrogen) atoms. The van der Waals surface area contributed by atoms with E-state index in [4.69, 9.17) is 15.4 Å². The van der Waals surface area contributed by atoms with Gasteiger partial charge in [-0.2, -0.15) is 15.2 Å². The van der Waals surface area contributed by atoms with Crippen LogP contribution < -0.4 is 31.3 Å². The minimum Gasteiger partial charge on any atom is -0.449 e. The molecule has 1 aliphatic carbocycles. The highest BCUT2D eigenvalue weighted by Gasteiger charge is 2.34. The van der Waals surface area contributed by atoms with E-state index in [0.29, 0.717) is 38.0 Å². The van der Waals surface area contributed by atoms with E-state index >= 15 is 0 Å². The smallest absolute Gasteiger partial charge is 0.407 e. The molecule has 0 radical (unpaired) electrons. The Morgan fingerprint density at radius 3 is 1.55 bits per heavy atom. The zero-order valence-corrected chi connectivity index (χ0v) is 47.0. The zero-order chi connectivity index (χ0) is 57.2. The number of amides is 5. The SMILES string of the molecule is CC(C)C[C@H](NC(=O)OCC1c2ccccc2-c2ccccc21)C(=O)N[C@H](C#N)C[C@@H]1CCCNC1=O.Cc1ccc(S(=O)(=O)Cl)cn1.Cc1ccc(S(=O)(=O)N[C@@H](CC(C)C)C(=O)N[C@H](C#N)C[C@@H]2CCCNC2=O)cn1. The van der Waals surface area contributed by atoms with Crippen molar-refractivity contribution in [1.29, 1.82) is 10.5 Å². The second kappa shape index (κ2) is 29.1. The van der Waals surface area contributed by atoms with Gasteiger partial charge in [0.05, 0.1) is 12.1 Å². The summed E-state index contributed by atoms with van der Waals surface area (Å²) in [4.78, 5) is 70.5. The van der Waals surface area contributed by atoms with Gasteiger partial charge in [-0.1, -0.05) is 76.2 Å². The molecule has 4 heterocycles. The Morgan fingerprint density at radius 2 is 1.13 bits per heavy atom. The van der Waals surface area contributed by atoms with Crippen LogP contribution >= 0.6 is 10.7 Å². The van der Waals surface area contributed by atoms with E-state index in [-0.39, 0.29) is 77.1 Å². The molecular formula is C55H69ClN10O10S2. The molecule has 3 aliphatic rings. The molecule has 0 spiro atoms. The van der Waals surface area contributed by atoms with Crippen LogP contribution in [0.3, 0.4) is 0 Å². The number of ether oxygens (including phenoxy) is 1. The zero-order valence-electron chi connectivity index (χ0n) is 44.6. The molecule has 23 heteroatoms. The first-order chi connectivity index (χ1) is 37.0. The number of pyridine rings is 2. The van der Waals surface area contributed by atoms with Gasteiger partial charge in [0.25, 0.3) is 9.05 Å². The number of halogens is 1. The Bertz CT molecular complexity index is 2990. The number of nitrogens with zero attached hydrogens (tertiary/aromatic N) is 4. The number of hydrogen-bond donors (Lipinski definition) is 6. The monoisotopic (exact) mass is 1130 g/mol. The van der Waals surface area contributed by atoms with E-state index in [1.165, 1.54) is 24.5 Å². The second-order valence-electron chi connectivity index (χ2n) is 20.3. The van der Waals surface area contributed by atoms with Gasteiger partial charge < -0.3 is 31.3 Å². The summed E-state index contributed by atoms with van der Waals surface area (Å²) >= 11 is 0. The van der Waals surface area contributed by atoms with Crippen LogP contribution in [0.1, 0.15) is 107 Å². The van der Waals surface area contributed by atoms with Crippen LogP contribution in [0, 0.1) is 60.2 Å². The Hall–Kier alpha value is -6.98. The van der Waals surface area contributed by atoms with Crippen molar-refractivity contribution in [2.45, 2.75) is 133 Å². The summed E-state index contributed by atoms with van der Waals surface area (Å²) in [6, 6.07) is 22.7. The van der Waals surface area contributed by atoms with E-state index < -0.39 is 61.1 Å². The number of carbonyl (C=O) groups is 5. The summed E-state index contributed by atoms with van der Waals surface area (Å²) in [5, 5.41) is 32.6. The van der Waals surface area contributed by atoms with Crippen LogP contribution in [-0.4, -0.2) is 100 Å². The number of benzene rings is 2. The van der Waals surface area contributed by atoms with Gasteiger partial charge in [-0.15, -0.1) is 0 Å². The van der Waals surface area contributed by atoms with Crippen molar-refractivity contribution in [3.8, 4) is 23.3 Å². The van der Waals surface area contributed by atoms with Crippen molar-refractivity contribution in [2.75, 3.05) is 19.7 Å². The molecule has 2 aromatic carbocycles. The maximum absolute atomic E-state index is 13.1. The average Bonchev–Trinajstić information content (AvgIpc) is 3.72. The maximum Gasteiger partial charge on any atom is 0.407 e. The number of aryl methyl sites for hydroxylation is 2. The third-order valence-electron chi connectivity index (χ3n) is 13.1. The van der Waals surface area contributed by atoms with Gasteiger partial charge >= 0.3 is 6.09 Å². The summed E-state index contributed by atoms with van der Waals surface area (Å²) < 4.78 is 54.8. The first kappa shape index (κ1) is 61.9. The Balaban J connectivity index is 0.000000244. The predicted molar refractivity (Wildman–Crippen MR) is 292 cm³/mol. The summed E-state index contributed by atoms with van der Waals surface area (Å²) in [6.07, 6.45) is 5.89. The molecule has 6 N–H and O–H groups in total. The second-order valence-corrected chi connectivity index (χ2v) is 24.6. The number of rotatable bonds is 19. The molecule has 5 amide bonds. The van der Waals surface area contributed by atoms with Crippen LogP contribution in [0.5, 0.6) is 0 Å². The van der Waals surface area contributed by atoms with Gasteiger partial charge in [0, 0.05) is 65.3 Å². The van der Waals surface area contributed by atoms with Gasteiger partial charge in [0.2, 0.25) is 33.7 Å². The van der Waals surface area contributed by atoms with Crippen molar-refractivity contribution < 1.29 is 45.5 Å². The molecule has 0 unspecified atom stereocenters. The minimum atomic E-state index is -3.97. The predicted octanol–water partition coefficient (Wildman–Crippen LogP) is 6.19. The molecule has 20 nitrogen and oxygen atoms in total. The quantitative estimate of drug-likeness (QED) is 0.0571. The van der Waals surface area contributed by atoms with E-state index in [1.807, 2.05) is 70.2 Å². The van der Waals surface area contributed by atoms with Crippen LogP contribution in [0.15, 0.2) is 95.0 Å². The fraction of sp³-hybridized carbons (Fsp3) is 0.473. The van der Waals surface area contributed by atoms with Crippen molar-refractivity contribution in [2.24, 2.45) is 23.7 Å². The number of alkyl carbamates (subject to hydrolysis) is 1. The summed E-state index contributed by atoms with van der Waals surface area (Å²) in [5.74, 6) is -1.84. The number of aromatic nitrogens is 2. The lowest BCUT2D eigenvalue weighted by atomic mass is 9.91. The van der Waals surface area contributed by atoms with Crippen molar-refractivity contribution in [1.82, 2.24) is 41.3 Å². The van der Waals surface area contributed by atoms with E-state index in [2.05, 4.69) is 59.5 Å². The summed E-state index contributed by atoms with van der Waals surface area (Å²) in [7, 11) is -2.53. The normalized spacial score (nSPS) is 17.5. The van der Waals surface area contributed by atoms with E-state index in [9.17, 15) is 51.3 Å².